The summed E-state index contributed by atoms with van der Waals surface area (Å²) in [6.45, 7) is 1.30. The van der Waals surface area contributed by atoms with Crippen LogP contribution in [0.1, 0.15) is 12.8 Å². The van der Waals surface area contributed by atoms with Gasteiger partial charge in [-0.15, -0.1) is 11.3 Å². The third-order valence-corrected chi connectivity index (χ3v) is 8.57. The van der Waals surface area contributed by atoms with Crippen molar-refractivity contribution in [1.29, 1.82) is 0 Å². The number of sulfone groups is 1. The van der Waals surface area contributed by atoms with E-state index in [0.29, 0.717) is 37.4 Å². The van der Waals surface area contributed by atoms with E-state index in [1.807, 2.05) is 30.3 Å². The van der Waals surface area contributed by atoms with Crippen molar-refractivity contribution in [3.8, 4) is 22.8 Å². The monoisotopic (exact) mass is 444 g/mol. The van der Waals surface area contributed by atoms with Gasteiger partial charge in [0.05, 0.1) is 25.2 Å². The number of methoxy groups -OCH3 is 2. The Morgan fingerprint density at radius 3 is 2.43 bits per heavy atom. The van der Waals surface area contributed by atoms with E-state index >= 15 is 0 Å². The molecule has 0 amide bonds. The lowest BCUT2D eigenvalue weighted by molar-refractivity contribution is 0.391. The number of nitrogens with zero attached hydrogens (tertiary/aromatic N) is 2. The summed E-state index contributed by atoms with van der Waals surface area (Å²) >= 11 is 1.60. The topological polar surface area (TPSA) is 68.7 Å². The molecule has 1 fully saturated rings. The van der Waals surface area contributed by atoms with Gasteiger partial charge in [0.1, 0.15) is 16.4 Å². The van der Waals surface area contributed by atoms with Crippen LogP contribution in [-0.4, -0.2) is 46.0 Å². The van der Waals surface area contributed by atoms with Gasteiger partial charge in [0.2, 0.25) is 0 Å². The SMILES string of the molecule is COc1ccc(OC)c(S(=O)(=O)C2CCN(c3nc(-c4ccccc4)cs3)CC2)c1. The van der Waals surface area contributed by atoms with Crippen LogP contribution in [0.5, 0.6) is 11.5 Å². The minimum absolute atomic E-state index is 0.198. The van der Waals surface area contributed by atoms with Gasteiger partial charge in [0.15, 0.2) is 15.0 Å². The molecule has 8 heteroatoms. The fourth-order valence-electron chi connectivity index (χ4n) is 3.69. The first-order valence-corrected chi connectivity index (χ1v) is 12.2. The molecule has 0 atom stereocenters. The highest BCUT2D eigenvalue weighted by atomic mass is 32.2. The molecule has 0 N–H and O–H groups in total. The maximum absolute atomic E-state index is 13.3. The molecule has 158 valence electrons. The number of hydrogen-bond donors (Lipinski definition) is 0. The van der Waals surface area contributed by atoms with Gasteiger partial charge >= 0.3 is 0 Å². The van der Waals surface area contributed by atoms with E-state index < -0.39 is 15.1 Å². The third kappa shape index (κ3) is 4.02. The van der Waals surface area contributed by atoms with E-state index in [-0.39, 0.29) is 4.90 Å². The van der Waals surface area contributed by atoms with Crippen LogP contribution >= 0.6 is 11.3 Å². The lowest BCUT2D eigenvalue weighted by Gasteiger charge is -2.31. The van der Waals surface area contributed by atoms with Crippen LogP contribution in [0.3, 0.4) is 0 Å². The fraction of sp³-hybridized carbons (Fsp3) is 0.318. The summed E-state index contributed by atoms with van der Waals surface area (Å²) in [7, 11) is -0.525. The van der Waals surface area contributed by atoms with Gasteiger partial charge in [-0.3, -0.25) is 0 Å². The molecule has 1 aliphatic heterocycles. The van der Waals surface area contributed by atoms with Gasteiger partial charge in [-0.05, 0) is 25.0 Å². The normalized spacial score (nSPS) is 15.2. The van der Waals surface area contributed by atoms with E-state index in [9.17, 15) is 8.42 Å². The number of thiazole rings is 1. The average Bonchev–Trinajstić information content (AvgIpc) is 3.29. The van der Waals surface area contributed by atoms with Gasteiger partial charge in [0, 0.05) is 30.1 Å². The number of aromatic nitrogens is 1. The van der Waals surface area contributed by atoms with Crippen LogP contribution in [0.15, 0.2) is 58.8 Å². The first-order valence-electron chi connectivity index (χ1n) is 9.74. The number of hydrogen-bond acceptors (Lipinski definition) is 7. The number of rotatable bonds is 6. The standard InChI is InChI=1S/C22H24N2O4S2/c1-27-17-8-9-20(28-2)21(14-17)30(25,26)18-10-12-24(13-11-18)22-23-19(15-29-22)16-6-4-3-5-7-16/h3-9,14-15,18H,10-13H2,1-2H3. The van der Waals surface area contributed by atoms with Crippen molar-refractivity contribution in [1.82, 2.24) is 4.98 Å². The largest absolute Gasteiger partial charge is 0.497 e. The Balaban J connectivity index is 1.49. The minimum atomic E-state index is -3.53. The minimum Gasteiger partial charge on any atom is -0.497 e. The summed E-state index contributed by atoms with van der Waals surface area (Å²) in [6, 6.07) is 15.0. The summed E-state index contributed by atoms with van der Waals surface area (Å²) < 4.78 is 37.1. The maximum atomic E-state index is 13.3. The van der Waals surface area contributed by atoms with Crippen LogP contribution in [-0.2, 0) is 9.84 Å². The number of piperidine rings is 1. The van der Waals surface area contributed by atoms with Gasteiger partial charge in [-0.1, -0.05) is 30.3 Å². The van der Waals surface area contributed by atoms with E-state index in [2.05, 4.69) is 10.3 Å². The zero-order chi connectivity index (χ0) is 21.1. The van der Waals surface area contributed by atoms with Crippen molar-refractivity contribution >= 4 is 26.3 Å². The van der Waals surface area contributed by atoms with Crippen molar-refractivity contribution in [2.75, 3.05) is 32.2 Å². The van der Waals surface area contributed by atoms with Crippen molar-refractivity contribution in [3.63, 3.8) is 0 Å². The Kier molecular flexibility index (Phi) is 5.97. The van der Waals surface area contributed by atoms with Crippen molar-refractivity contribution < 1.29 is 17.9 Å². The van der Waals surface area contributed by atoms with E-state index in [1.54, 1.807) is 29.5 Å². The molecule has 2 heterocycles. The zero-order valence-corrected chi connectivity index (χ0v) is 18.6. The molecule has 0 bridgehead atoms. The van der Waals surface area contributed by atoms with Crippen LogP contribution in [0.25, 0.3) is 11.3 Å². The molecular formula is C22H24N2O4S2. The van der Waals surface area contributed by atoms with Gasteiger partial charge in [0.25, 0.3) is 0 Å². The van der Waals surface area contributed by atoms with Crippen LogP contribution in [0.4, 0.5) is 5.13 Å². The Hall–Kier alpha value is -2.58. The number of benzene rings is 2. The molecule has 1 saturated heterocycles. The summed E-state index contributed by atoms with van der Waals surface area (Å²) in [4.78, 5) is 7.13. The lowest BCUT2D eigenvalue weighted by Crippen LogP contribution is -2.39. The first kappa shape index (κ1) is 20.7. The molecular weight excluding hydrogens is 420 g/mol. The summed E-state index contributed by atoms with van der Waals surface area (Å²) in [6.07, 6.45) is 1.09. The summed E-state index contributed by atoms with van der Waals surface area (Å²) in [5.74, 6) is 0.855. The summed E-state index contributed by atoms with van der Waals surface area (Å²) in [5.41, 5.74) is 2.04. The zero-order valence-electron chi connectivity index (χ0n) is 16.9. The molecule has 0 aliphatic carbocycles. The van der Waals surface area contributed by atoms with Crippen molar-refractivity contribution in [2.45, 2.75) is 23.0 Å². The second kappa shape index (κ2) is 8.65. The molecule has 30 heavy (non-hydrogen) atoms. The third-order valence-electron chi connectivity index (χ3n) is 5.39. The fourth-order valence-corrected chi connectivity index (χ4v) is 6.49. The lowest BCUT2D eigenvalue weighted by atomic mass is 10.1. The highest BCUT2D eigenvalue weighted by Crippen LogP contribution is 2.35. The summed E-state index contributed by atoms with van der Waals surface area (Å²) in [5, 5.41) is 2.53. The first-order chi connectivity index (χ1) is 14.5. The highest BCUT2D eigenvalue weighted by Gasteiger charge is 2.34. The van der Waals surface area contributed by atoms with Gasteiger partial charge in [-0.2, -0.15) is 0 Å². The Morgan fingerprint density at radius 2 is 1.77 bits per heavy atom. The van der Waals surface area contributed by atoms with Crippen LogP contribution in [0, 0.1) is 0 Å². The van der Waals surface area contributed by atoms with E-state index in [4.69, 9.17) is 14.5 Å². The van der Waals surface area contributed by atoms with E-state index in [1.165, 1.54) is 14.2 Å². The van der Waals surface area contributed by atoms with Crippen molar-refractivity contribution in [3.05, 3.63) is 53.9 Å². The molecule has 0 radical (unpaired) electrons. The van der Waals surface area contributed by atoms with Gasteiger partial charge in [-0.25, -0.2) is 13.4 Å². The highest BCUT2D eigenvalue weighted by molar-refractivity contribution is 7.92. The smallest absolute Gasteiger partial charge is 0.185 e. The second-order valence-corrected chi connectivity index (χ2v) is 10.2. The Labute approximate surface area is 181 Å². The number of ether oxygens (including phenoxy) is 2. The molecule has 1 aliphatic rings. The molecule has 2 aromatic carbocycles. The average molecular weight is 445 g/mol. The molecule has 0 saturated carbocycles. The molecule has 6 nitrogen and oxygen atoms in total. The second-order valence-electron chi connectivity index (χ2n) is 7.13. The van der Waals surface area contributed by atoms with E-state index in [0.717, 1.165) is 16.4 Å². The van der Waals surface area contributed by atoms with Gasteiger partial charge < -0.3 is 14.4 Å². The molecule has 4 rings (SSSR count). The van der Waals surface area contributed by atoms with Crippen LogP contribution in [0.2, 0.25) is 0 Å². The molecule has 0 spiro atoms. The number of anilines is 1. The molecule has 1 aromatic heterocycles. The predicted octanol–water partition coefficient (Wildman–Crippen LogP) is 4.27. The Morgan fingerprint density at radius 1 is 1.03 bits per heavy atom. The predicted molar refractivity (Wildman–Crippen MR) is 120 cm³/mol. The Bertz CT molecular complexity index is 1110. The molecule has 3 aromatic rings. The maximum Gasteiger partial charge on any atom is 0.185 e. The quantitative estimate of drug-likeness (QED) is 0.566. The molecule has 0 unspecified atom stereocenters. The van der Waals surface area contributed by atoms with Crippen molar-refractivity contribution in [2.24, 2.45) is 0 Å². The van der Waals surface area contributed by atoms with Crippen LogP contribution < -0.4 is 14.4 Å².